The van der Waals surface area contributed by atoms with Gasteiger partial charge in [-0.15, -0.1) is 0 Å². The molecule has 0 spiro atoms. The van der Waals surface area contributed by atoms with Crippen molar-refractivity contribution in [2.24, 2.45) is 0 Å². The highest BCUT2D eigenvalue weighted by molar-refractivity contribution is 5.66. The van der Waals surface area contributed by atoms with Crippen LogP contribution >= 0.6 is 0 Å². The summed E-state index contributed by atoms with van der Waals surface area (Å²) in [6.45, 7) is 4.12. The first-order valence-corrected chi connectivity index (χ1v) is 18.6. The van der Waals surface area contributed by atoms with Crippen LogP contribution in [-0.2, 0) is 37.0 Å². The molecule has 1 N–H and O–H groups in total. The number of fused-ring (bicyclic) bond motifs is 2. The molecule has 2 atom stereocenters. The number of ether oxygens (including phenoxy) is 6. The normalized spacial score (nSPS) is 18.7. The van der Waals surface area contributed by atoms with E-state index in [-0.39, 0.29) is 12.1 Å². The van der Waals surface area contributed by atoms with Crippen LogP contribution in [0.5, 0.6) is 40.2 Å². The quantitative estimate of drug-likeness (QED) is 0.177. The number of likely N-dealkylation sites (N-methyl/N-ethyl adjacent to an activating group) is 2. The lowest BCUT2D eigenvalue weighted by Crippen LogP contribution is -2.33. The van der Waals surface area contributed by atoms with Crippen LogP contribution in [0.3, 0.4) is 0 Å². The molecule has 0 aromatic heterocycles. The summed E-state index contributed by atoms with van der Waals surface area (Å²) < 4.78 is 37.3. The second kappa shape index (κ2) is 16.2. The van der Waals surface area contributed by atoms with Crippen LogP contribution in [0.4, 0.5) is 0 Å². The second-order valence-electron chi connectivity index (χ2n) is 14.2. The van der Waals surface area contributed by atoms with Crippen molar-refractivity contribution in [3.63, 3.8) is 0 Å². The lowest BCUT2D eigenvalue weighted by molar-refractivity contribution is 0.194. The van der Waals surface area contributed by atoms with Gasteiger partial charge in [0.15, 0.2) is 23.0 Å². The molecule has 0 amide bonds. The van der Waals surface area contributed by atoms with Gasteiger partial charge in [-0.25, -0.2) is 0 Å². The molecular weight excluding hydrogens is 654 g/mol. The van der Waals surface area contributed by atoms with E-state index in [2.05, 4.69) is 83.8 Å². The molecule has 9 nitrogen and oxygen atoms in total. The number of nitrogens with zero attached hydrogens (tertiary/aromatic N) is 2. The Bertz CT molecular complexity index is 1860. The van der Waals surface area contributed by atoms with Crippen molar-refractivity contribution >= 4 is 0 Å². The molecule has 6 bridgehead atoms. The fraction of sp³-hybridized carbons (Fsp3) is 0.442. The van der Waals surface area contributed by atoms with Crippen molar-refractivity contribution in [3.8, 4) is 40.2 Å². The van der Waals surface area contributed by atoms with Crippen molar-refractivity contribution in [3.05, 3.63) is 99.6 Å². The summed E-state index contributed by atoms with van der Waals surface area (Å²) >= 11 is 0. The highest BCUT2D eigenvalue weighted by atomic mass is 16.5. The highest BCUT2D eigenvalue weighted by Gasteiger charge is 2.35. The standard InChI is InChI=1S/C43H53N3O6/c1-45-20-7-9-33-35(27-44-19-8-22-47-3)41(49-5)43(50-6)42-40(33)37(45)24-29-12-17-38(48-4)39(25-29)51-31-14-10-28(11-15-31)23-36-34-26-32(52-42)16-13-30(34)18-21-46(36)2/h10-17,25-26,36-37,44H,7-9,18-24,27H2,1-6H3/t36-,37-/m0/s1. The minimum atomic E-state index is -0.0181. The summed E-state index contributed by atoms with van der Waals surface area (Å²) in [5, 5.41) is 3.67. The zero-order valence-corrected chi connectivity index (χ0v) is 31.6. The van der Waals surface area contributed by atoms with Gasteiger partial charge in [-0.05, 0) is 130 Å². The second-order valence-corrected chi connectivity index (χ2v) is 14.2. The maximum absolute atomic E-state index is 7.16. The van der Waals surface area contributed by atoms with Crippen molar-refractivity contribution < 1.29 is 28.4 Å². The Balaban J connectivity index is 1.44. The third-order valence-electron chi connectivity index (χ3n) is 11.0. The molecule has 52 heavy (non-hydrogen) atoms. The molecule has 276 valence electrons. The van der Waals surface area contributed by atoms with Crippen molar-refractivity contribution in [2.45, 2.75) is 57.2 Å². The monoisotopic (exact) mass is 707 g/mol. The number of hydrogen-bond acceptors (Lipinski definition) is 9. The fourth-order valence-corrected chi connectivity index (χ4v) is 8.26. The highest BCUT2D eigenvalue weighted by Crippen LogP contribution is 2.52. The Kier molecular flexibility index (Phi) is 11.2. The van der Waals surface area contributed by atoms with Crippen molar-refractivity contribution in [2.75, 3.05) is 68.8 Å². The predicted octanol–water partition coefficient (Wildman–Crippen LogP) is 7.67. The maximum Gasteiger partial charge on any atom is 0.204 e. The van der Waals surface area contributed by atoms with Crippen molar-refractivity contribution in [1.82, 2.24) is 15.1 Å². The lowest BCUT2D eigenvalue weighted by atomic mass is 9.87. The van der Waals surface area contributed by atoms with Gasteiger partial charge in [0, 0.05) is 50.0 Å². The molecule has 4 aromatic rings. The van der Waals surface area contributed by atoms with Gasteiger partial charge >= 0.3 is 0 Å². The van der Waals surface area contributed by atoms with E-state index in [1.54, 1.807) is 28.4 Å². The summed E-state index contributed by atoms with van der Waals surface area (Å²) in [5.74, 6) is 5.04. The summed E-state index contributed by atoms with van der Waals surface area (Å²) in [5.41, 5.74) is 8.58. The van der Waals surface area contributed by atoms with Gasteiger partial charge in [-0.2, -0.15) is 0 Å². The molecule has 4 aliphatic rings. The van der Waals surface area contributed by atoms with Crippen LogP contribution in [0.2, 0.25) is 0 Å². The molecule has 0 radical (unpaired) electrons. The van der Waals surface area contributed by atoms with E-state index in [0.717, 1.165) is 97.8 Å². The summed E-state index contributed by atoms with van der Waals surface area (Å²) in [7, 11) is 11.3. The molecular formula is C43H53N3O6. The van der Waals surface area contributed by atoms with Crippen LogP contribution in [0.15, 0.2) is 60.7 Å². The van der Waals surface area contributed by atoms with E-state index in [1.165, 1.54) is 22.3 Å². The van der Waals surface area contributed by atoms with Crippen LogP contribution in [-0.4, -0.2) is 78.6 Å². The smallest absolute Gasteiger partial charge is 0.204 e. The van der Waals surface area contributed by atoms with Crippen LogP contribution in [0.25, 0.3) is 0 Å². The first-order valence-electron chi connectivity index (χ1n) is 18.6. The zero-order chi connectivity index (χ0) is 36.2. The average molecular weight is 708 g/mol. The van der Waals surface area contributed by atoms with Crippen LogP contribution in [0.1, 0.15) is 63.9 Å². The number of hydrogen-bond donors (Lipinski definition) is 1. The first-order chi connectivity index (χ1) is 25.4. The Morgan fingerprint density at radius 2 is 1.50 bits per heavy atom. The van der Waals surface area contributed by atoms with E-state index < -0.39 is 0 Å². The zero-order valence-electron chi connectivity index (χ0n) is 31.6. The summed E-state index contributed by atoms with van der Waals surface area (Å²) in [4.78, 5) is 4.92. The molecule has 0 aliphatic carbocycles. The molecule has 0 unspecified atom stereocenters. The largest absolute Gasteiger partial charge is 0.493 e. The molecule has 4 heterocycles. The molecule has 8 rings (SSSR count). The van der Waals surface area contributed by atoms with E-state index >= 15 is 0 Å². The van der Waals surface area contributed by atoms with Gasteiger partial charge in [-0.3, -0.25) is 9.80 Å². The Hall–Kier alpha value is -4.28. The predicted molar refractivity (Wildman–Crippen MR) is 204 cm³/mol. The minimum absolute atomic E-state index is 0.0181. The van der Waals surface area contributed by atoms with Crippen LogP contribution in [0, 0.1) is 0 Å². The number of benzene rings is 4. The molecule has 4 aromatic carbocycles. The Morgan fingerprint density at radius 1 is 0.750 bits per heavy atom. The van der Waals surface area contributed by atoms with Crippen LogP contribution < -0.4 is 29.0 Å². The number of nitrogens with one attached hydrogen (secondary N) is 1. The maximum atomic E-state index is 7.16. The molecule has 9 heteroatoms. The molecule has 0 fully saturated rings. The lowest BCUT2D eigenvalue weighted by Gasteiger charge is -2.35. The van der Waals surface area contributed by atoms with E-state index in [1.807, 2.05) is 6.07 Å². The summed E-state index contributed by atoms with van der Waals surface area (Å²) in [6, 6.07) is 21.6. The van der Waals surface area contributed by atoms with E-state index in [0.29, 0.717) is 30.4 Å². The third kappa shape index (κ3) is 7.33. The third-order valence-corrected chi connectivity index (χ3v) is 11.0. The van der Waals surface area contributed by atoms with Gasteiger partial charge in [-0.1, -0.05) is 24.3 Å². The SMILES string of the molecule is COCCCNCc1c2c3c(c(OC)c1OC)Oc1ccc4c(c1)[C@H](Cc1ccc(cc1)Oc1cc(ccc1OC)C[C@@H]3N(C)CCC2)N(C)CC4. The average Bonchev–Trinajstić information content (AvgIpc) is 3.31. The first kappa shape index (κ1) is 36.1. The minimum Gasteiger partial charge on any atom is -0.493 e. The Labute approximate surface area is 308 Å². The van der Waals surface area contributed by atoms with E-state index in [9.17, 15) is 0 Å². The molecule has 4 aliphatic heterocycles. The van der Waals surface area contributed by atoms with Gasteiger partial charge in [0.2, 0.25) is 5.75 Å². The molecule has 0 saturated heterocycles. The summed E-state index contributed by atoms with van der Waals surface area (Å²) in [6.07, 6.45) is 5.42. The van der Waals surface area contributed by atoms with Crippen molar-refractivity contribution in [1.29, 1.82) is 0 Å². The Morgan fingerprint density at radius 3 is 2.27 bits per heavy atom. The van der Waals surface area contributed by atoms with E-state index in [4.69, 9.17) is 28.4 Å². The molecule has 0 saturated carbocycles. The fourth-order valence-electron chi connectivity index (χ4n) is 8.26. The number of methoxy groups -OCH3 is 4. The van der Waals surface area contributed by atoms with Gasteiger partial charge in [0.25, 0.3) is 0 Å². The topological polar surface area (TPSA) is 73.9 Å². The van der Waals surface area contributed by atoms with Gasteiger partial charge in [0.05, 0.1) is 21.3 Å². The number of rotatable bonds is 9. The van der Waals surface area contributed by atoms with Gasteiger partial charge < -0.3 is 33.7 Å². The van der Waals surface area contributed by atoms with Gasteiger partial charge in [0.1, 0.15) is 11.5 Å².